The quantitative estimate of drug-likeness (QED) is 0.522. The Labute approximate surface area is 179 Å². The summed E-state index contributed by atoms with van der Waals surface area (Å²) in [5, 5.41) is 4.30. The first-order valence-corrected chi connectivity index (χ1v) is 10.3. The summed E-state index contributed by atoms with van der Waals surface area (Å²) in [7, 11) is 0. The van der Waals surface area contributed by atoms with Crippen LogP contribution in [0.4, 0.5) is 5.82 Å². The Morgan fingerprint density at radius 1 is 1.16 bits per heavy atom. The molecule has 156 valence electrons. The number of hydrogen-bond acceptors (Lipinski definition) is 5. The van der Waals surface area contributed by atoms with Crippen LogP contribution in [-0.4, -0.2) is 27.0 Å². The van der Waals surface area contributed by atoms with E-state index < -0.39 is 5.91 Å². The van der Waals surface area contributed by atoms with Gasteiger partial charge in [0.05, 0.1) is 24.4 Å². The Kier molecular flexibility index (Phi) is 4.88. The molecule has 1 amide bonds. The van der Waals surface area contributed by atoms with E-state index in [9.17, 15) is 4.79 Å². The van der Waals surface area contributed by atoms with Gasteiger partial charge in [-0.15, -0.1) is 0 Å². The predicted octanol–water partition coefficient (Wildman–Crippen LogP) is 3.51. The molecule has 3 N–H and O–H groups in total. The Balaban J connectivity index is 1.62. The highest BCUT2D eigenvalue weighted by atomic mass is 16.5. The first kappa shape index (κ1) is 19.3. The lowest BCUT2D eigenvalue weighted by atomic mass is 10.1. The third-order valence-electron chi connectivity index (χ3n) is 5.61. The zero-order valence-corrected chi connectivity index (χ0v) is 17.3. The van der Waals surface area contributed by atoms with Gasteiger partial charge in [-0.2, -0.15) is 4.98 Å². The Bertz CT molecular complexity index is 1280. The molecule has 0 saturated carbocycles. The van der Waals surface area contributed by atoms with E-state index in [1.54, 1.807) is 6.07 Å². The van der Waals surface area contributed by atoms with Crippen molar-refractivity contribution >= 4 is 22.6 Å². The van der Waals surface area contributed by atoms with Gasteiger partial charge in [0.25, 0.3) is 0 Å². The van der Waals surface area contributed by atoms with E-state index in [0.29, 0.717) is 31.3 Å². The van der Waals surface area contributed by atoms with Crippen LogP contribution in [-0.2, 0) is 24.3 Å². The number of carbonyl (C=O) groups excluding carboxylic acids is 1. The fourth-order valence-corrected chi connectivity index (χ4v) is 4.11. The van der Waals surface area contributed by atoms with Crippen molar-refractivity contribution in [2.75, 3.05) is 11.9 Å². The highest BCUT2D eigenvalue weighted by Crippen LogP contribution is 2.29. The number of aromatic nitrogens is 3. The molecule has 7 nitrogen and oxygen atoms in total. The topological polar surface area (TPSA) is 95.1 Å². The Morgan fingerprint density at radius 3 is 2.81 bits per heavy atom. The smallest absolute Gasteiger partial charge is 0.249 e. The van der Waals surface area contributed by atoms with Crippen molar-refractivity contribution in [1.82, 2.24) is 14.5 Å². The monoisotopic (exact) mass is 413 g/mol. The lowest BCUT2D eigenvalue weighted by Gasteiger charge is -2.20. The van der Waals surface area contributed by atoms with E-state index in [-0.39, 0.29) is 0 Å². The van der Waals surface area contributed by atoms with Gasteiger partial charge in [0, 0.05) is 35.7 Å². The molecule has 4 aromatic rings. The molecule has 3 heterocycles. The summed E-state index contributed by atoms with van der Waals surface area (Å²) in [6, 6.07) is 15.7. The maximum atomic E-state index is 11.9. The van der Waals surface area contributed by atoms with Crippen LogP contribution < -0.4 is 11.1 Å². The third-order valence-corrected chi connectivity index (χ3v) is 5.61. The number of nitrogens with zero attached hydrogens (tertiary/aromatic N) is 3. The van der Waals surface area contributed by atoms with Crippen LogP contribution in [0.15, 0.2) is 54.7 Å². The number of benzene rings is 2. The van der Waals surface area contributed by atoms with Crippen molar-refractivity contribution < 1.29 is 9.53 Å². The van der Waals surface area contributed by atoms with Gasteiger partial charge in [-0.25, -0.2) is 4.98 Å². The van der Waals surface area contributed by atoms with Crippen LogP contribution in [0.5, 0.6) is 0 Å². The van der Waals surface area contributed by atoms with Gasteiger partial charge in [0.15, 0.2) is 0 Å². The van der Waals surface area contributed by atoms with Crippen LogP contribution in [0.1, 0.15) is 32.7 Å². The second-order valence-corrected chi connectivity index (χ2v) is 7.69. The molecule has 2 aromatic heterocycles. The normalized spacial score (nSPS) is 13.2. The molecule has 31 heavy (non-hydrogen) atoms. The Morgan fingerprint density at radius 2 is 2.00 bits per heavy atom. The molecule has 0 radical (unpaired) electrons. The number of rotatable bonds is 5. The average molecular weight is 413 g/mol. The van der Waals surface area contributed by atoms with E-state index in [1.807, 2.05) is 48.0 Å². The number of ether oxygens (including phenoxy) is 1. The van der Waals surface area contributed by atoms with E-state index in [2.05, 4.69) is 17.4 Å². The van der Waals surface area contributed by atoms with Gasteiger partial charge in [-0.3, -0.25) is 9.36 Å². The third kappa shape index (κ3) is 3.53. The standard InChI is InChI=1S/C24H23N5O2/c1-15-13-29(20-9-5-8-17(21(15)20)22(25)30)24-27-19-10-11-31-14-18(19)23(28-24)26-12-16-6-3-2-4-7-16/h2-9,13H,10-12,14H2,1H3,(H2,25,30)(H,26,27,28). The lowest BCUT2D eigenvalue weighted by molar-refractivity contribution is 0.100. The molecular formula is C24H23N5O2. The number of primary amides is 1. The molecule has 0 aliphatic carbocycles. The van der Waals surface area contributed by atoms with Crippen molar-refractivity contribution in [1.29, 1.82) is 0 Å². The summed E-state index contributed by atoms with van der Waals surface area (Å²) in [5.41, 5.74) is 11.1. The minimum absolute atomic E-state index is 0.444. The molecular weight excluding hydrogens is 390 g/mol. The maximum absolute atomic E-state index is 11.9. The van der Waals surface area contributed by atoms with Crippen molar-refractivity contribution in [3.63, 3.8) is 0 Å². The van der Waals surface area contributed by atoms with Gasteiger partial charge in [0.2, 0.25) is 11.9 Å². The van der Waals surface area contributed by atoms with Crippen molar-refractivity contribution in [3.05, 3.63) is 82.7 Å². The fourth-order valence-electron chi connectivity index (χ4n) is 4.11. The van der Waals surface area contributed by atoms with Crippen LogP contribution in [0.2, 0.25) is 0 Å². The molecule has 1 aliphatic heterocycles. The zero-order chi connectivity index (χ0) is 21.4. The second-order valence-electron chi connectivity index (χ2n) is 7.69. The SMILES string of the molecule is Cc1cn(-c2nc3c(c(NCc4ccccc4)n2)COCC3)c2cccc(C(N)=O)c12. The van der Waals surface area contributed by atoms with E-state index in [0.717, 1.165) is 40.0 Å². The molecule has 0 unspecified atom stereocenters. The molecule has 7 heteroatoms. The molecule has 5 rings (SSSR count). The van der Waals surface area contributed by atoms with Crippen LogP contribution in [0.25, 0.3) is 16.9 Å². The molecule has 0 spiro atoms. The number of nitrogens with one attached hydrogen (secondary N) is 1. The molecule has 0 bridgehead atoms. The Hall–Kier alpha value is -3.71. The van der Waals surface area contributed by atoms with Crippen LogP contribution >= 0.6 is 0 Å². The summed E-state index contributed by atoms with van der Waals surface area (Å²) in [6.45, 7) is 3.75. The van der Waals surface area contributed by atoms with Gasteiger partial charge in [0.1, 0.15) is 5.82 Å². The van der Waals surface area contributed by atoms with Crippen LogP contribution in [0, 0.1) is 6.92 Å². The van der Waals surface area contributed by atoms with E-state index in [1.165, 1.54) is 5.56 Å². The number of nitrogens with two attached hydrogens (primary N) is 1. The fraction of sp³-hybridized carbons (Fsp3) is 0.208. The van der Waals surface area contributed by atoms with Crippen molar-refractivity contribution in [2.45, 2.75) is 26.5 Å². The van der Waals surface area contributed by atoms with Crippen molar-refractivity contribution in [3.8, 4) is 5.95 Å². The summed E-state index contributed by atoms with van der Waals surface area (Å²) in [4.78, 5) is 21.6. The molecule has 0 saturated heterocycles. The average Bonchev–Trinajstić information content (AvgIpc) is 3.14. The minimum Gasteiger partial charge on any atom is -0.376 e. The summed E-state index contributed by atoms with van der Waals surface area (Å²) in [5.74, 6) is 0.894. The molecule has 2 aromatic carbocycles. The second kappa shape index (κ2) is 7.85. The highest BCUT2D eigenvalue weighted by molar-refractivity contribution is 6.07. The van der Waals surface area contributed by atoms with Gasteiger partial charge in [-0.1, -0.05) is 36.4 Å². The lowest BCUT2D eigenvalue weighted by Crippen LogP contribution is -2.18. The summed E-state index contributed by atoms with van der Waals surface area (Å²) in [6.07, 6.45) is 2.69. The first-order valence-electron chi connectivity index (χ1n) is 10.3. The van der Waals surface area contributed by atoms with Gasteiger partial charge in [-0.05, 0) is 30.2 Å². The number of aryl methyl sites for hydroxylation is 1. The number of anilines is 1. The maximum Gasteiger partial charge on any atom is 0.249 e. The van der Waals surface area contributed by atoms with Gasteiger partial charge >= 0.3 is 0 Å². The number of amides is 1. The predicted molar refractivity (Wildman–Crippen MR) is 119 cm³/mol. The van der Waals surface area contributed by atoms with E-state index in [4.69, 9.17) is 20.4 Å². The van der Waals surface area contributed by atoms with Gasteiger partial charge < -0.3 is 15.8 Å². The minimum atomic E-state index is -0.444. The van der Waals surface area contributed by atoms with Crippen LogP contribution in [0.3, 0.4) is 0 Å². The summed E-state index contributed by atoms with van der Waals surface area (Å²) >= 11 is 0. The zero-order valence-electron chi connectivity index (χ0n) is 17.3. The first-order chi connectivity index (χ1) is 15.1. The molecule has 0 fully saturated rings. The molecule has 1 aliphatic rings. The largest absolute Gasteiger partial charge is 0.376 e. The summed E-state index contributed by atoms with van der Waals surface area (Å²) < 4.78 is 7.60. The number of hydrogen-bond donors (Lipinski definition) is 2. The molecule has 0 atom stereocenters. The van der Waals surface area contributed by atoms with Crippen molar-refractivity contribution in [2.24, 2.45) is 5.73 Å². The number of fused-ring (bicyclic) bond motifs is 2. The number of carbonyl (C=O) groups is 1. The van der Waals surface area contributed by atoms with E-state index >= 15 is 0 Å². The highest BCUT2D eigenvalue weighted by Gasteiger charge is 2.21.